The zero-order chi connectivity index (χ0) is 16.5. The summed E-state index contributed by atoms with van der Waals surface area (Å²) in [6.45, 7) is 0. The molecule has 4 rings (SSSR count). The van der Waals surface area contributed by atoms with E-state index >= 15 is 0 Å². The molecule has 0 N–H and O–H groups in total. The van der Waals surface area contributed by atoms with Crippen LogP contribution in [0.15, 0.2) is 66.2 Å². The molecule has 3 nitrogen and oxygen atoms in total. The van der Waals surface area contributed by atoms with E-state index in [1.165, 1.54) is 0 Å². The largest absolute Gasteiger partial charge is 0.496 e. The number of carbonyl (C=O) groups is 1. The Morgan fingerprint density at radius 1 is 1.00 bits per heavy atom. The van der Waals surface area contributed by atoms with Crippen molar-refractivity contribution in [3.63, 3.8) is 0 Å². The van der Waals surface area contributed by atoms with E-state index in [-0.39, 0.29) is 5.97 Å². The second-order valence-electron chi connectivity index (χ2n) is 5.74. The quantitative estimate of drug-likeness (QED) is 0.399. The number of ether oxygens (including phenoxy) is 2. The summed E-state index contributed by atoms with van der Waals surface area (Å²) in [6, 6.07) is 19.6. The molecule has 0 unspecified atom stereocenters. The van der Waals surface area contributed by atoms with Crippen molar-refractivity contribution in [2.75, 3.05) is 7.11 Å². The normalized spacial score (nSPS) is 15.2. The molecule has 1 aliphatic rings. The number of methoxy groups -OCH3 is 1. The third kappa shape index (κ3) is 2.44. The summed E-state index contributed by atoms with van der Waals surface area (Å²) < 4.78 is 10.9. The molecule has 0 bridgehead atoms. The molecular weight excluding hydrogens is 300 g/mol. The van der Waals surface area contributed by atoms with Gasteiger partial charge < -0.3 is 9.47 Å². The highest BCUT2D eigenvalue weighted by molar-refractivity contribution is 6.00. The van der Waals surface area contributed by atoms with Gasteiger partial charge in [-0.05, 0) is 29.0 Å². The number of carbonyl (C=O) groups excluding carboxylic acids is 1. The lowest BCUT2D eigenvalue weighted by Crippen LogP contribution is -2.19. The number of esters is 1. The van der Waals surface area contributed by atoms with Gasteiger partial charge in [0.1, 0.15) is 11.5 Å². The Kier molecular flexibility index (Phi) is 3.54. The Morgan fingerprint density at radius 2 is 1.79 bits per heavy atom. The van der Waals surface area contributed by atoms with Crippen molar-refractivity contribution in [1.29, 1.82) is 0 Å². The van der Waals surface area contributed by atoms with Gasteiger partial charge in [-0.2, -0.15) is 0 Å². The van der Waals surface area contributed by atoms with Gasteiger partial charge in [-0.25, -0.2) is 4.79 Å². The van der Waals surface area contributed by atoms with E-state index in [9.17, 15) is 4.79 Å². The summed E-state index contributed by atoms with van der Waals surface area (Å²) in [7, 11) is 1.62. The van der Waals surface area contributed by atoms with Crippen molar-refractivity contribution in [2.45, 2.75) is 6.42 Å². The van der Waals surface area contributed by atoms with Crippen molar-refractivity contribution in [2.24, 2.45) is 0 Å². The number of hydrogen-bond acceptors (Lipinski definition) is 3. The van der Waals surface area contributed by atoms with Crippen LogP contribution in [-0.2, 0) is 11.2 Å². The molecule has 1 heterocycles. The van der Waals surface area contributed by atoms with Crippen LogP contribution < -0.4 is 9.47 Å². The van der Waals surface area contributed by atoms with Crippen LogP contribution in [0.2, 0.25) is 0 Å². The molecule has 0 saturated heterocycles. The van der Waals surface area contributed by atoms with E-state index < -0.39 is 0 Å². The van der Waals surface area contributed by atoms with Crippen LogP contribution in [0, 0.1) is 0 Å². The Hall–Kier alpha value is -3.07. The van der Waals surface area contributed by atoms with Gasteiger partial charge in [-0.1, -0.05) is 48.5 Å². The molecule has 1 aliphatic heterocycles. The summed E-state index contributed by atoms with van der Waals surface area (Å²) in [5.74, 6) is 1.08. The van der Waals surface area contributed by atoms with Crippen LogP contribution in [0.3, 0.4) is 0 Å². The topological polar surface area (TPSA) is 35.5 Å². The molecule has 118 valence electrons. The van der Waals surface area contributed by atoms with E-state index in [0.29, 0.717) is 17.7 Å². The smallest absolute Gasteiger partial charge is 0.339 e. The van der Waals surface area contributed by atoms with Crippen molar-refractivity contribution in [3.05, 3.63) is 77.4 Å². The number of rotatable bonds is 2. The average Bonchev–Trinajstić information content (AvgIpc) is 2.63. The maximum atomic E-state index is 12.4. The molecule has 0 saturated carbocycles. The molecule has 24 heavy (non-hydrogen) atoms. The van der Waals surface area contributed by atoms with Gasteiger partial charge in [0.15, 0.2) is 0 Å². The molecule has 3 aromatic rings. The van der Waals surface area contributed by atoms with Gasteiger partial charge in [0, 0.05) is 23.1 Å². The van der Waals surface area contributed by atoms with Crippen molar-refractivity contribution in [3.8, 4) is 11.5 Å². The van der Waals surface area contributed by atoms with Gasteiger partial charge in [-0.3, -0.25) is 0 Å². The number of hydrogen-bond donors (Lipinski definition) is 0. The SMILES string of the molecule is COc1ccccc1/C=C1\Cc2c(ccc3ccccc23)OC1=O. The molecule has 3 aromatic carbocycles. The Labute approximate surface area is 140 Å². The molecule has 0 spiro atoms. The highest BCUT2D eigenvalue weighted by Gasteiger charge is 2.24. The summed E-state index contributed by atoms with van der Waals surface area (Å²) in [5.41, 5.74) is 2.55. The standard InChI is InChI=1S/C21H16O3/c1-23-19-9-5-3-7-15(19)12-16-13-18-17-8-4-2-6-14(17)10-11-20(18)24-21(16)22/h2-12H,13H2,1H3/b16-12+. The minimum atomic E-state index is -0.302. The van der Waals surface area contributed by atoms with Crippen LogP contribution in [0.1, 0.15) is 11.1 Å². The van der Waals surface area contributed by atoms with E-state index in [2.05, 4.69) is 12.1 Å². The summed E-state index contributed by atoms with van der Waals surface area (Å²) >= 11 is 0. The molecule has 0 fully saturated rings. The lowest BCUT2D eigenvalue weighted by Gasteiger charge is -2.20. The molecule has 3 heteroatoms. The monoisotopic (exact) mass is 316 g/mol. The van der Waals surface area contributed by atoms with Crippen molar-refractivity contribution >= 4 is 22.8 Å². The highest BCUT2D eigenvalue weighted by atomic mass is 16.5. The fourth-order valence-corrected chi connectivity index (χ4v) is 3.11. The lowest BCUT2D eigenvalue weighted by atomic mass is 9.94. The third-order valence-electron chi connectivity index (χ3n) is 4.30. The van der Waals surface area contributed by atoms with Gasteiger partial charge in [0.2, 0.25) is 0 Å². The minimum absolute atomic E-state index is 0.302. The number of para-hydroxylation sites is 1. The first-order chi connectivity index (χ1) is 11.8. The predicted molar refractivity (Wildman–Crippen MR) is 94.3 cm³/mol. The summed E-state index contributed by atoms with van der Waals surface area (Å²) in [5, 5.41) is 2.26. The van der Waals surface area contributed by atoms with E-state index in [1.54, 1.807) is 7.11 Å². The van der Waals surface area contributed by atoms with Crippen LogP contribution in [-0.4, -0.2) is 13.1 Å². The first-order valence-corrected chi connectivity index (χ1v) is 7.82. The van der Waals surface area contributed by atoms with Crippen molar-refractivity contribution in [1.82, 2.24) is 0 Å². The molecule has 0 atom stereocenters. The molecule has 0 amide bonds. The molecule has 0 radical (unpaired) electrons. The Balaban J connectivity index is 1.82. The molecule has 0 aliphatic carbocycles. The van der Waals surface area contributed by atoms with Crippen LogP contribution in [0.4, 0.5) is 0 Å². The molecular formula is C21H16O3. The zero-order valence-corrected chi connectivity index (χ0v) is 13.3. The molecule has 0 aromatic heterocycles. The lowest BCUT2D eigenvalue weighted by molar-refractivity contribution is -0.130. The maximum Gasteiger partial charge on any atom is 0.339 e. The van der Waals surface area contributed by atoms with Gasteiger partial charge in [0.25, 0.3) is 0 Å². The predicted octanol–water partition coefficient (Wildman–Crippen LogP) is 4.39. The zero-order valence-electron chi connectivity index (χ0n) is 13.3. The Bertz CT molecular complexity index is 970. The minimum Gasteiger partial charge on any atom is -0.496 e. The van der Waals surface area contributed by atoms with Crippen LogP contribution in [0.25, 0.3) is 16.8 Å². The van der Waals surface area contributed by atoms with Crippen LogP contribution in [0.5, 0.6) is 11.5 Å². The third-order valence-corrected chi connectivity index (χ3v) is 4.30. The first-order valence-electron chi connectivity index (χ1n) is 7.82. The fraction of sp³-hybridized carbons (Fsp3) is 0.0952. The summed E-state index contributed by atoms with van der Waals surface area (Å²) in [4.78, 5) is 12.4. The fourth-order valence-electron chi connectivity index (χ4n) is 3.11. The number of fused-ring (bicyclic) bond motifs is 3. The van der Waals surface area contributed by atoms with Crippen molar-refractivity contribution < 1.29 is 14.3 Å². The second kappa shape index (κ2) is 5.85. The van der Waals surface area contributed by atoms with E-state index in [0.717, 1.165) is 27.6 Å². The highest BCUT2D eigenvalue weighted by Crippen LogP contribution is 2.35. The average molecular weight is 316 g/mol. The maximum absolute atomic E-state index is 12.4. The Morgan fingerprint density at radius 3 is 2.67 bits per heavy atom. The summed E-state index contributed by atoms with van der Waals surface area (Å²) in [6.07, 6.45) is 2.40. The van der Waals surface area contributed by atoms with Crippen LogP contribution >= 0.6 is 0 Å². The van der Waals surface area contributed by atoms with E-state index in [1.807, 2.05) is 54.6 Å². The van der Waals surface area contributed by atoms with Gasteiger partial charge >= 0.3 is 5.97 Å². The van der Waals surface area contributed by atoms with Gasteiger partial charge in [0.05, 0.1) is 7.11 Å². The second-order valence-corrected chi connectivity index (χ2v) is 5.74. The number of benzene rings is 3. The first kappa shape index (κ1) is 14.5. The van der Waals surface area contributed by atoms with E-state index in [4.69, 9.17) is 9.47 Å². The van der Waals surface area contributed by atoms with Gasteiger partial charge in [-0.15, -0.1) is 0 Å².